The van der Waals surface area contributed by atoms with E-state index in [1.165, 1.54) is 29.5 Å². The number of aromatic nitrogens is 4. The Bertz CT molecular complexity index is 1010. The van der Waals surface area contributed by atoms with Crippen LogP contribution in [-0.4, -0.2) is 45.4 Å². The standard InChI is InChI=1S/C19H19ClFN7OS/c20-13-3-4-15(21)12(10-13)11-17(29)24-19-27-26-18(30-19)23-14-5-8-28(9-6-14)16-2-1-7-22-25-16/h1-4,7,10,14H,5-6,8-9,11H2,(H,23,26)(H,24,27,29). The van der Waals surface area contributed by atoms with Gasteiger partial charge in [0.15, 0.2) is 5.82 Å². The number of piperidine rings is 1. The quantitative estimate of drug-likeness (QED) is 0.598. The summed E-state index contributed by atoms with van der Waals surface area (Å²) in [5, 5.41) is 23.6. The fourth-order valence-corrected chi connectivity index (χ4v) is 4.17. The van der Waals surface area contributed by atoms with E-state index in [0.29, 0.717) is 15.3 Å². The molecule has 11 heteroatoms. The van der Waals surface area contributed by atoms with Gasteiger partial charge >= 0.3 is 0 Å². The first-order valence-corrected chi connectivity index (χ1v) is 10.6. The summed E-state index contributed by atoms with van der Waals surface area (Å²) in [4.78, 5) is 14.4. The first-order valence-electron chi connectivity index (χ1n) is 9.43. The monoisotopic (exact) mass is 447 g/mol. The Labute approximate surface area is 181 Å². The maximum atomic E-state index is 13.8. The molecule has 1 fully saturated rings. The molecule has 1 amide bonds. The van der Waals surface area contributed by atoms with Crippen LogP contribution in [0.15, 0.2) is 36.5 Å². The van der Waals surface area contributed by atoms with Crippen molar-refractivity contribution < 1.29 is 9.18 Å². The molecule has 3 heterocycles. The van der Waals surface area contributed by atoms with Gasteiger partial charge in [0.25, 0.3) is 0 Å². The fraction of sp³-hybridized carbons (Fsp3) is 0.316. The van der Waals surface area contributed by atoms with Gasteiger partial charge in [-0.2, -0.15) is 5.10 Å². The van der Waals surface area contributed by atoms with E-state index >= 15 is 0 Å². The minimum atomic E-state index is -0.470. The molecular formula is C19H19ClFN7OS. The van der Waals surface area contributed by atoms with E-state index in [1.54, 1.807) is 6.20 Å². The number of nitrogens with one attached hydrogen (secondary N) is 2. The van der Waals surface area contributed by atoms with E-state index in [0.717, 1.165) is 31.7 Å². The molecule has 4 rings (SSSR count). The number of carbonyl (C=O) groups is 1. The summed E-state index contributed by atoms with van der Waals surface area (Å²) in [6, 6.07) is 8.22. The van der Waals surface area contributed by atoms with E-state index in [-0.39, 0.29) is 23.9 Å². The maximum absolute atomic E-state index is 13.8. The molecule has 1 aliphatic rings. The summed E-state index contributed by atoms with van der Waals surface area (Å²) >= 11 is 7.11. The van der Waals surface area contributed by atoms with E-state index in [4.69, 9.17) is 11.6 Å². The number of nitrogens with zero attached hydrogens (tertiary/aromatic N) is 5. The van der Waals surface area contributed by atoms with Gasteiger partial charge in [-0.3, -0.25) is 4.79 Å². The highest BCUT2D eigenvalue weighted by atomic mass is 35.5. The van der Waals surface area contributed by atoms with Crippen LogP contribution in [0.3, 0.4) is 0 Å². The molecule has 2 aromatic heterocycles. The van der Waals surface area contributed by atoms with Crippen LogP contribution in [0.25, 0.3) is 0 Å². The largest absolute Gasteiger partial charge is 0.357 e. The van der Waals surface area contributed by atoms with Crippen molar-refractivity contribution in [2.75, 3.05) is 28.6 Å². The Morgan fingerprint density at radius 1 is 1.20 bits per heavy atom. The summed E-state index contributed by atoms with van der Waals surface area (Å²) in [7, 11) is 0. The fourth-order valence-electron chi connectivity index (χ4n) is 3.24. The van der Waals surface area contributed by atoms with Gasteiger partial charge in [0, 0.05) is 30.4 Å². The highest BCUT2D eigenvalue weighted by Gasteiger charge is 2.21. The number of rotatable bonds is 6. The third-order valence-electron chi connectivity index (χ3n) is 4.73. The first kappa shape index (κ1) is 20.4. The normalized spacial score (nSPS) is 14.5. The van der Waals surface area contributed by atoms with Crippen LogP contribution in [0.1, 0.15) is 18.4 Å². The SMILES string of the molecule is O=C(Cc1cc(Cl)ccc1F)Nc1nnc(NC2CCN(c3cccnn3)CC2)s1. The summed E-state index contributed by atoms with van der Waals surface area (Å²) in [5.41, 5.74) is 0.234. The van der Waals surface area contributed by atoms with Gasteiger partial charge in [0.2, 0.25) is 16.2 Å². The van der Waals surface area contributed by atoms with Crippen LogP contribution in [0.5, 0.6) is 0 Å². The Hall–Kier alpha value is -2.85. The number of hydrogen-bond acceptors (Lipinski definition) is 8. The van der Waals surface area contributed by atoms with Gasteiger partial charge < -0.3 is 15.5 Å². The van der Waals surface area contributed by atoms with Crippen LogP contribution >= 0.6 is 22.9 Å². The lowest BCUT2D eigenvalue weighted by atomic mass is 10.1. The van der Waals surface area contributed by atoms with Crippen LogP contribution < -0.4 is 15.5 Å². The first-order chi connectivity index (χ1) is 14.6. The van der Waals surface area contributed by atoms with Crippen molar-refractivity contribution >= 4 is 44.9 Å². The number of amides is 1. The van der Waals surface area contributed by atoms with Gasteiger partial charge in [-0.05, 0) is 48.7 Å². The molecule has 0 unspecified atom stereocenters. The highest BCUT2D eigenvalue weighted by Crippen LogP contribution is 2.25. The van der Waals surface area contributed by atoms with Crippen molar-refractivity contribution in [3.8, 4) is 0 Å². The van der Waals surface area contributed by atoms with Gasteiger partial charge in [-0.1, -0.05) is 22.9 Å². The molecule has 3 aromatic rings. The molecule has 1 aliphatic heterocycles. The van der Waals surface area contributed by atoms with Crippen molar-refractivity contribution in [3.63, 3.8) is 0 Å². The van der Waals surface area contributed by atoms with Gasteiger partial charge in [0.1, 0.15) is 5.82 Å². The maximum Gasteiger partial charge on any atom is 0.230 e. The average molecular weight is 448 g/mol. The van der Waals surface area contributed by atoms with Crippen LogP contribution in [-0.2, 0) is 11.2 Å². The molecule has 2 N–H and O–H groups in total. The second kappa shape index (κ2) is 9.31. The van der Waals surface area contributed by atoms with E-state index in [2.05, 4.69) is 35.9 Å². The number of hydrogen-bond donors (Lipinski definition) is 2. The molecule has 1 saturated heterocycles. The van der Waals surface area contributed by atoms with Crippen molar-refractivity contribution in [1.82, 2.24) is 20.4 Å². The molecule has 30 heavy (non-hydrogen) atoms. The average Bonchev–Trinajstić information content (AvgIpc) is 3.18. The van der Waals surface area contributed by atoms with E-state index in [1.807, 2.05) is 12.1 Å². The van der Waals surface area contributed by atoms with Crippen LogP contribution in [0.2, 0.25) is 5.02 Å². The molecule has 1 aromatic carbocycles. The molecular weight excluding hydrogens is 429 g/mol. The molecule has 0 atom stereocenters. The van der Waals surface area contributed by atoms with Gasteiger partial charge in [-0.25, -0.2) is 4.39 Å². The lowest BCUT2D eigenvalue weighted by molar-refractivity contribution is -0.115. The summed E-state index contributed by atoms with van der Waals surface area (Å²) < 4.78 is 13.8. The molecule has 8 nitrogen and oxygen atoms in total. The third-order valence-corrected chi connectivity index (χ3v) is 5.74. The Morgan fingerprint density at radius 2 is 2.00 bits per heavy atom. The van der Waals surface area contributed by atoms with Crippen LogP contribution in [0.4, 0.5) is 20.5 Å². The lowest BCUT2D eigenvalue weighted by Crippen LogP contribution is -2.39. The van der Waals surface area contributed by atoms with Gasteiger partial charge in [0.05, 0.1) is 6.42 Å². The Kier molecular flexibility index (Phi) is 6.34. The molecule has 0 saturated carbocycles. The van der Waals surface area contributed by atoms with Crippen molar-refractivity contribution in [3.05, 3.63) is 52.9 Å². The second-order valence-electron chi connectivity index (χ2n) is 6.86. The number of halogens is 2. The smallest absolute Gasteiger partial charge is 0.230 e. The van der Waals surface area contributed by atoms with Crippen LogP contribution in [0, 0.1) is 5.82 Å². The molecule has 0 aliphatic carbocycles. The predicted molar refractivity (Wildman–Crippen MR) is 115 cm³/mol. The third kappa shape index (κ3) is 5.19. The Balaban J connectivity index is 1.27. The molecule has 0 radical (unpaired) electrons. The molecule has 0 spiro atoms. The highest BCUT2D eigenvalue weighted by molar-refractivity contribution is 7.19. The lowest BCUT2D eigenvalue weighted by Gasteiger charge is -2.32. The minimum absolute atomic E-state index is 0.129. The molecule has 0 bridgehead atoms. The summed E-state index contributed by atoms with van der Waals surface area (Å²) in [5.74, 6) is 0.0335. The Morgan fingerprint density at radius 3 is 2.77 bits per heavy atom. The summed E-state index contributed by atoms with van der Waals surface area (Å²) in [6.45, 7) is 1.73. The molecule has 156 valence electrons. The van der Waals surface area contributed by atoms with E-state index in [9.17, 15) is 9.18 Å². The zero-order chi connectivity index (χ0) is 20.9. The number of carbonyl (C=O) groups excluding carboxylic acids is 1. The van der Waals surface area contributed by atoms with Gasteiger partial charge in [-0.15, -0.1) is 15.3 Å². The zero-order valence-electron chi connectivity index (χ0n) is 15.9. The van der Waals surface area contributed by atoms with Crippen molar-refractivity contribution in [2.45, 2.75) is 25.3 Å². The van der Waals surface area contributed by atoms with Crippen molar-refractivity contribution in [1.29, 1.82) is 0 Å². The number of benzene rings is 1. The topological polar surface area (TPSA) is 95.9 Å². The van der Waals surface area contributed by atoms with E-state index < -0.39 is 5.82 Å². The second-order valence-corrected chi connectivity index (χ2v) is 8.27. The predicted octanol–water partition coefficient (Wildman–Crippen LogP) is 3.38. The zero-order valence-corrected chi connectivity index (χ0v) is 17.5. The number of anilines is 3. The van der Waals surface area contributed by atoms with Crippen molar-refractivity contribution in [2.24, 2.45) is 0 Å². The summed E-state index contributed by atoms with van der Waals surface area (Å²) in [6.07, 6.45) is 3.38. The minimum Gasteiger partial charge on any atom is -0.357 e.